The van der Waals surface area contributed by atoms with Gasteiger partial charge in [0.1, 0.15) is 0 Å². The van der Waals surface area contributed by atoms with Gasteiger partial charge in [-0.15, -0.1) is 0 Å². The lowest BCUT2D eigenvalue weighted by Gasteiger charge is -2.65. The summed E-state index contributed by atoms with van der Waals surface area (Å²) in [6.07, 6.45) is 5.24. The quantitative estimate of drug-likeness (QED) is 0.760. The normalized spacial score (nSPS) is 50.0. The van der Waals surface area contributed by atoms with Gasteiger partial charge in [-0.2, -0.15) is 0 Å². The van der Waals surface area contributed by atoms with Crippen molar-refractivity contribution in [2.24, 2.45) is 16.7 Å². The van der Waals surface area contributed by atoms with Crippen LogP contribution in [0.5, 0.6) is 0 Å². The fourth-order valence-electron chi connectivity index (χ4n) is 6.18. The van der Waals surface area contributed by atoms with Crippen molar-refractivity contribution in [1.29, 1.82) is 0 Å². The summed E-state index contributed by atoms with van der Waals surface area (Å²) in [5.41, 5.74) is -0.247. The molecule has 1 saturated heterocycles. The van der Waals surface area contributed by atoms with E-state index in [2.05, 4.69) is 34.3 Å². The highest BCUT2D eigenvalue weighted by Crippen LogP contribution is 2.67. The van der Waals surface area contributed by atoms with Crippen LogP contribution in [0.1, 0.15) is 73.1 Å². The van der Waals surface area contributed by atoms with Gasteiger partial charge in [0.2, 0.25) is 0 Å². The van der Waals surface area contributed by atoms with Gasteiger partial charge in [0.05, 0.1) is 23.4 Å². The Labute approximate surface area is 141 Å². The molecule has 0 spiro atoms. The van der Waals surface area contributed by atoms with Crippen LogP contribution in [-0.4, -0.2) is 33.6 Å². The minimum atomic E-state index is -0.632. The highest BCUT2D eigenvalue weighted by atomic mass is 16.5. The van der Waals surface area contributed by atoms with Crippen LogP contribution in [0.25, 0.3) is 0 Å². The standard InChI is InChI=1S/C20H34O3/c1-13(14(2)21)15-12-16-18(5)9-7-8-17(3,4)20(18,22)11-10-19(16,6)23-15/h14-16,21-22H,1,7-12H2,2-6H3/t14-,15-,16+,18+,19+,20+/m0/s1. The molecular weight excluding hydrogens is 288 g/mol. The van der Waals surface area contributed by atoms with E-state index in [1.165, 1.54) is 6.42 Å². The Morgan fingerprint density at radius 1 is 1.13 bits per heavy atom. The maximum atomic E-state index is 11.7. The third-order valence-corrected chi connectivity index (χ3v) is 7.86. The minimum absolute atomic E-state index is 0.0549. The SMILES string of the molecule is C=C([C@H](C)O)[C@@H]1C[C@H]2[C@@](C)(CC[C@@]3(O)C(C)(C)CCC[C@]23C)O1. The molecule has 0 amide bonds. The number of fused-ring (bicyclic) bond motifs is 3. The molecule has 2 saturated carbocycles. The van der Waals surface area contributed by atoms with Crippen molar-refractivity contribution in [2.45, 2.75) is 96.6 Å². The molecular formula is C20H34O3. The molecule has 132 valence electrons. The summed E-state index contributed by atoms with van der Waals surface area (Å²) >= 11 is 0. The summed E-state index contributed by atoms with van der Waals surface area (Å²) in [6, 6.07) is 0. The van der Waals surface area contributed by atoms with Crippen LogP contribution in [0.4, 0.5) is 0 Å². The fourth-order valence-corrected chi connectivity index (χ4v) is 6.18. The first-order valence-corrected chi connectivity index (χ1v) is 9.24. The van der Waals surface area contributed by atoms with E-state index >= 15 is 0 Å². The van der Waals surface area contributed by atoms with Gasteiger partial charge in [-0.1, -0.05) is 33.8 Å². The third kappa shape index (κ3) is 2.19. The topological polar surface area (TPSA) is 49.7 Å². The van der Waals surface area contributed by atoms with Crippen LogP contribution >= 0.6 is 0 Å². The Morgan fingerprint density at radius 3 is 2.39 bits per heavy atom. The zero-order chi connectivity index (χ0) is 17.3. The second-order valence-corrected chi connectivity index (χ2v) is 9.47. The van der Waals surface area contributed by atoms with Gasteiger partial charge in [-0.05, 0) is 62.9 Å². The molecule has 3 aliphatic rings. The predicted octanol–water partition coefficient (Wildman–Crippen LogP) is 3.83. The molecule has 3 heteroatoms. The van der Waals surface area contributed by atoms with Crippen LogP contribution in [-0.2, 0) is 4.74 Å². The minimum Gasteiger partial charge on any atom is -0.389 e. The number of aliphatic hydroxyl groups excluding tert-OH is 1. The van der Waals surface area contributed by atoms with Crippen molar-refractivity contribution in [2.75, 3.05) is 0 Å². The molecule has 0 bridgehead atoms. The first-order chi connectivity index (χ1) is 10.5. The summed E-state index contributed by atoms with van der Waals surface area (Å²) in [5.74, 6) is 0.314. The van der Waals surface area contributed by atoms with Gasteiger partial charge in [-0.3, -0.25) is 0 Å². The highest BCUT2D eigenvalue weighted by molar-refractivity contribution is 5.22. The Bertz CT molecular complexity index is 511. The second-order valence-electron chi connectivity index (χ2n) is 9.47. The van der Waals surface area contributed by atoms with Crippen LogP contribution in [0.2, 0.25) is 0 Å². The summed E-state index contributed by atoms with van der Waals surface area (Å²) in [6.45, 7) is 14.8. The predicted molar refractivity (Wildman–Crippen MR) is 92.1 cm³/mol. The first-order valence-electron chi connectivity index (χ1n) is 9.24. The molecule has 2 N–H and O–H groups in total. The van der Waals surface area contributed by atoms with Gasteiger partial charge >= 0.3 is 0 Å². The Hall–Kier alpha value is -0.380. The van der Waals surface area contributed by atoms with Gasteiger partial charge < -0.3 is 14.9 Å². The smallest absolute Gasteiger partial charge is 0.0818 e. The molecule has 1 aliphatic heterocycles. The fraction of sp³-hybridized carbons (Fsp3) is 0.900. The molecule has 0 unspecified atom stereocenters. The average molecular weight is 322 g/mol. The number of hydrogen-bond donors (Lipinski definition) is 2. The largest absolute Gasteiger partial charge is 0.389 e. The zero-order valence-corrected chi connectivity index (χ0v) is 15.5. The summed E-state index contributed by atoms with van der Waals surface area (Å²) < 4.78 is 6.43. The van der Waals surface area contributed by atoms with E-state index in [9.17, 15) is 10.2 Å². The molecule has 0 aromatic heterocycles. The number of ether oxygens (including phenoxy) is 1. The Balaban J connectivity index is 1.98. The van der Waals surface area contributed by atoms with E-state index in [4.69, 9.17) is 4.74 Å². The molecule has 3 fully saturated rings. The summed E-state index contributed by atoms with van der Waals surface area (Å²) in [7, 11) is 0. The van der Waals surface area contributed by atoms with Crippen molar-refractivity contribution in [3.63, 3.8) is 0 Å². The molecule has 0 aromatic rings. The molecule has 23 heavy (non-hydrogen) atoms. The average Bonchev–Trinajstić information content (AvgIpc) is 2.80. The van der Waals surface area contributed by atoms with Gasteiger partial charge in [0, 0.05) is 5.41 Å². The maximum absolute atomic E-state index is 11.7. The van der Waals surface area contributed by atoms with E-state index in [-0.39, 0.29) is 22.5 Å². The molecule has 1 heterocycles. The van der Waals surface area contributed by atoms with E-state index in [0.717, 1.165) is 37.7 Å². The first kappa shape index (κ1) is 17.4. The Kier molecular flexibility index (Phi) is 3.84. The van der Waals surface area contributed by atoms with Crippen molar-refractivity contribution in [1.82, 2.24) is 0 Å². The lowest BCUT2D eigenvalue weighted by molar-refractivity contribution is -0.255. The van der Waals surface area contributed by atoms with Gasteiger partial charge in [0.25, 0.3) is 0 Å². The van der Waals surface area contributed by atoms with Crippen LogP contribution in [0.3, 0.4) is 0 Å². The molecule has 6 atom stereocenters. The summed E-state index contributed by atoms with van der Waals surface area (Å²) in [5, 5.41) is 21.6. The summed E-state index contributed by atoms with van der Waals surface area (Å²) in [4.78, 5) is 0. The molecule has 3 nitrogen and oxygen atoms in total. The second kappa shape index (κ2) is 5.06. The van der Waals surface area contributed by atoms with Crippen LogP contribution < -0.4 is 0 Å². The van der Waals surface area contributed by atoms with Crippen molar-refractivity contribution >= 4 is 0 Å². The van der Waals surface area contributed by atoms with E-state index in [1.54, 1.807) is 6.92 Å². The number of rotatable bonds is 2. The van der Waals surface area contributed by atoms with Crippen LogP contribution in [0, 0.1) is 16.7 Å². The monoisotopic (exact) mass is 322 g/mol. The highest BCUT2D eigenvalue weighted by Gasteiger charge is 2.69. The Morgan fingerprint density at radius 2 is 1.78 bits per heavy atom. The van der Waals surface area contributed by atoms with E-state index in [0.29, 0.717) is 5.92 Å². The lowest BCUT2D eigenvalue weighted by atomic mass is 9.43. The lowest BCUT2D eigenvalue weighted by Crippen LogP contribution is -2.67. The van der Waals surface area contributed by atoms with Crippen molar-refractivity contribution in [3.8, 4) is 0 Å². The van der Waals surface area contributed by atoms with E-state index < -0.39 is 11.7 Å². The molecule has 0 radical (unpaired) electrons. The number of hydrogen-bond acceptors (Lipinski definition) is 3. The maximum Gasteiger partial charge on any atom is 0.0818 e. The van der Waals surface area contributed by atoms with Crippen molar-refractivity contribution < 1.29 is 14.9 Å². The zero-order valence-electron chi connectivity index (χ0n) is 15.5. The number of aliphatic hydroxyl groups is 2. The van der Waals surface area contributed by atoms with E-state index in [1.807, 2.05) is 0 Å². The molecule has 3 rings (SSSR count). The van der Waals surface area contributed by atoms with Crippen molar-refractivity contribution in [3.05, 3.63) is 12.2 Å². The van der Waals surface area contributed by atoms with Gasteiger partial charge in [0.15, 0.2) is 0 Å². The van der Waals surface area contributed by atoms with Gasteiger partial charge in [-0.25, -0.2) is 0 Å². The third-order valence-electron chi connectivity index (χ3n) is 7.86. The molecule has 2 aliphatic carbocycles. The molecule has 0 aromatic carbocycles. The van der Waals surface area contributed by atoms with Crippen LogP contribution in [0.15, 0.2) is 12.2 Å².